The summed E-state index contributed by atoms with van der Waals surface area (Å²) < 4.78 is 34.0. The SMILES string of the molecule is COc1cc(CNC(=O)CN(C)CC(=O)NC(C)(C)C)ccc1OC(F)F. The molecule has 0 aromatic heterocycles. The summed E-state index contributed by atoms with van der Waals surface area (Å²) in [4.78, 5) is 25.5. The molecule has 0 saturated heterocycles. The van der Waals surface area contributed by atoms with E-state index >= 15 is 0 Å². The predicted molar refractivity (Wildman–Crippen MR) is 96.9 cm³/mol. The highest BCUT2D eigenvalue weighted by Gasteiger charge is 2.16. The van der Waals surface area contributed by atoms with Gasteiger partial charge in [-0.25, -0.2) is 0 Å². The number of carbonyl (C=O) groups excluding carboxylic acids is 2. The third kappa shape index (κ3) is 9.18. The van der Waals surface area contributed by atoms with Gasteiger partial charge in [-0.1, -0.05) is 6.07 Å². The van der Waals surface area contributed by atoms with Crippen LogP contribution in [-0.4, -0.2) is 56.1 Å². The van der Waals surface area contributed by atoms with E-state index in [-0.39, 0.29) is 48.5 Å². The number of methoxy groups -OCH3 is 1. The van der Waals surface area contributed by atoms with Gasteiger partial charge in [0, 0.05) is 12.1 Å². The van der Waals surface area contributed by atoms with Crippen LogP contribution in [-0.2, 0) is 16.1 Å². The molecule has 0 aliphatic carbocycles. The molecule has 0 aliphatic heterocycles. The Balaban J connectivity index is 2.51. The molecule has 0 atom stereocenters. The van der Waals surface area contributed by atoms with Gasteiger partial charge in [0.2, 0.25) is 11.8 Å². The highest BCUT2D eigenvalue weighted by Crippen LogP contribution is 2.29. The Hall–Kier alpha value is -2.42. The Morgan fingerprint density at radius 2 is 1.78 bits per heavy atom. The number of likely N-dealkylation sites (N-methyl/N-ethyl adjacent to an activating group) is 1. The summed E-state index contributed by atoms with van der Waals surface area (Å²) in [5.41, 5.74) is 0.328. The molecule has 1 rings (SSSR count). The van der Waals surface area contributed by atoms with Crippen LogP contribution in [0.25, 0.3) is 0 Å². The number of nitrogens with zero attached hydrogens (tertiary/aromatic N) is 1. The molecule has 2 amide bonds. The summed E-state index contributed by atoms with van der Waals surface area (Å²) in [6, 6.07) is 4.43. The van der Waals surface area contributed by atoms with Gasteiger partial charge in [0.1, 0.15) is 0 Å². The third-order valence-corrected chi connectivity index (χ3v) is 3.28. The van der Waals surface area contributed by atoms with Crippen LogP contribution in [0.2, 0.25) is 0 Å². The zero-order chi connectivity index (χ0) is 20.6. The molecular weight excluding hydrogens is 360 g/mol. The first-order valence-corrected chi connectivity index (χ1v) is 8.38. The molecule has 9 heteroatoms. The van der Waals surface area contributed by atoms with Crippen molar-refractivity contribution in [1.82, 2.24) is 15.5 Å². The molecule has 7 nitrogen and oxygen atoms in total. The second-order valence-corrected chi connectivity index (χ2v) is 7.11. The van der Waals surface area contributed by atoms with Crippen molar-refractivity contribution in [2.45, 2.75) is 39.5 Å². The second-order valence-electron chi connectivity index (χ2n) is 7.11. The van der Waals surface area contributed by atoms with Gasteiger partial charge in [-0.05, 0) is 45.5 Å². The molecule has 0 heterocycles. The van der Waals surface area contributed by atoms with Crippen LogP contribution < -0.4 is 20.1 Å². The van der Waals surface area contributed by atoms with Crippen molar-refractivity contribution in [3.63, 3.8) is 0 Å². The summed E-state index contributed by atoms with van der Waals surface area (Å²) in [5.74, 6) is -0.365. The number of carbonyl (C=O) groups is 2. The zero-order valence-corrected chi connectivity index (χ0v) is 16.3. The lowest BCUT2D eigenvalue weighted by atomic mass is 10.1. The van der Waals surface area contributed by atoms with Crippen molar-refractivity contribution < 1.29 is 27.8 Å². The number of amides is 2. The molecule has 1 aromatic carbocycles. The fourth-order valence-corrected chi connectivity index (χ4v) is 2.28. The Morgan fingerprint density at radius 1 is 1.15 bits per heavy atom. The summed E-state index contributed by atoms with van der Waals surface area (Å²) >= 11 is 0. The number of ether oxygens (including phenoxy) is 2. The first kappa shape index (κ1) is 22.6. The van der Waals surface area contributed by atoms with E-state index < -0.39 is 6.61 Å². The van der Waals surface area contributed by atoms with Crippen LogP contribution in [0.1, 0.15) is 26.3 Å². The van der Waals surface area contributed by atoms with Crippen LogP contribution in [0.3, 0.4) is 0 Å². The normalized spacial score (nSPS) is 11.4. The molecular formula is C18H27F2N3O4. The number of nitrogens with one attached hydrogen (secondary N) is 2. The maximum absolute atomic E-state index is 12.3. The van der Waals surface area contributed by atoms with Gasteiger partial charge in [-0.15, -0.1) is 0 Å². The van der Waals surface area contributed by atoms with Crippen molar-refractivity contribution >= 4 is 11.8 Å². The topological polar surface area (TPSA) is 79.9 Å². The van der Waals surface area contributed by atoms with Crippen molar-refractivity contribution in [2.24, 2.45) is 0 Å². The van der Waals surface area contributed by atoms with E-state index in [2.05, 4.69) is 15.4 Å². The van der Waals surface area contributed by atoms with Gasteiger partial charge in [-0.2, -0.15) is 8.78 Å². The molecule has 0 bridgehead atoms. The van der Waals surface area contributed by atoms with E-state index in [4.69, 9.17) is 4.74 Å². The van der Waals surface area contributed by atoms with E-state index in [9.17, 15) is 18.4 Å². The van der Waals surface area contributed by atoms with Gasteiger partial charge < -0.3 is 20.1 Å². The minimum Gasteiger partial charge on any atom is -0.493 e. The summed E-state index contributed by atoms with van der Waals surface area (Å²) in [6.07, 6.45) is 0. The molecule has 152 valence electrons. The standard InChI is InChI=1S/C18H27F2N3O4/c1-18(2,3)22-16(25)11-23(4)10-15(24)21-9-12-6-7-13(27-17(19)20)14(8-12)26-5/h6-8,17H,9-11H2,1-5H3,(H,21,24)(H,22,25). The Kier molecular flexibility index (Phi) is 8.42. The van der Waals surface area contributed by atoms with E-state index in [0.29, 0.717) is 5.56 Å². The lowest BCUT2D eigenvalue weighted by Gasteiger charge is -2.23. The summed E-state index contributed by atoms with van der Waals surface area (Å²) in [7, 11) is 3.01. The lowest BCUT2D eigenvalue weighted by molar-refractivity contribution is -0.125. The lowest BCUT2D eigenvalue weighted by Crippen LogP contribution is -2.46. The molecule has 2 N–H and O–H groups in total. The van der Waals surface area contributed by atoms with Crippen molar-refractivity contribution in [3.8, 4) is 11.5 Å². The first-order valence-electron chi connectivity index (χ1n) is 8.38. The maximum atomic E-state index is 12.3. The highest BCUT2D eigenvalue weighted by molar-refractivity contribution is 5.81. The highest BCUT2D eigenvalue weighted by atomic mass is 19.3. The van der Waals surface area contributed by atoms with Crippen LogP contribution in [0.5, 0.6) is 11.5 Å². The van der Waals surface area contributed by atoms with E-state index in [0.717, 1.165) is 0 Å². The summed E-state index contributed by atoms with van der Waals surface area (Å²) in [6.45, 7) is 3.01. The Labute approximate surface area is 158 Å². The number of hydrogen-bond acceptors (Lipinski definition) is 5. The second kappa shape index (κ2) is 10.1. The van der Waals surface area contributed by atoms with Crippen molar-refractivity contribution in [1.29, 1.82) is 0 Å². The number of halogens is 2. The third-order valence-electron chi connectivity index (χ3n) is 3.28. The number of rotatable bonds is 9. The maximum Gasteiger partial charge on any atom is 0.387 e. The van der Waals surface area contributed by atoms with Crippen LogP contribution >= 0.6 is 0 Å². The molecule has 1 aromatic rings. The quantitative estimate of drug-likeness (QED) is 0.675. The molecule has 27 heavy (non-hydrogen) atoms. The van der Waals surface area contributed by atoms with Crippen LogP contribution in [0.4, 0.5) is 8.78 Å². The molecule has 0 radical (unpaired) electrons. The smallest absolute Gasteiger partial charge is 0.387 e. The van der Waals surface area contributed by atoms with E-state index in [1.807, 2.05) is 20.8 Å². The molecule has 0 spiro atoms. The largest absolute Gasteiger partial charge is 0.493 e. The van der Waals surface area contributed by atoms with Gasteiger partial charge in [-0.3, -0.25) is 14.5 Å². The van der Waals surface area contributed by atoms with Crippen molar-refractivity contribution in [2.75, 3.05) is 27.2 Å². The van der Waals surface area contributed by atoms with Gasteiger partial charge >= 0.3 is 6.61 Å². The molecule has 0 unspecified atom stereocenters. The Bertz CT molecular complexity index is 648. The molecule has 0 fully saturated rings. The summed E-state index contributed by atoms with van der Waals surface area (Å²) in [5, 5.41) is 5.53. The number of benzene rings is 1. The van der Waals surface area contributed by atoms with Crippen molar-refractivity contribution in [3.05, 3.63) is 23.8 Å². The van der Waals surface area contributed by atoms with E-state index in [1.54, 1.807) is 18.0 Å². The average Bonchev–Trinajstić information content (AvgIpc) is 2.51. The van der Waals surface area contributed by atoms with Gasteiger partial charge in [0.15, 0.2) is 11.5 Å². The first-order chi connectivity index (χ1) is 12.5. The number of alkyl halides is 2. The predicted octanol–water partition coefficient (Wildman–Crippen LogP) is 1.76. The number of hydrogen-bond donors (Lipinski definition) is 2. The zero-order valence-electron chi connectivity index (χ0n) is 16.3. The minimum absolute atomic E-state index is 0.0429. The minimum atomic E-state index is -2.95. The monoisotopic (exact) mass is 387 g/mol. The average molecular weight is 387 g/mol. The van der Waals surface area contributed by atoms with E-state index in [1.165, 1.54) is 19.2 Å². The fourth-order valence-electron chi connectivity index (χ4n) is 2.28. The Morgan fingerprint density at radius 3 is 2.33 bits per heavy atom. The molecule has 0 aliphatic rings. The van der Waals surface area contributed by atoms with Gasteiger partial charge in [0.25, 0.3) is 0 Å². The molecule has 0 saturated carbocycles. The van der Waals surface area contributed by atoms with Crippen LogP contribution in [0, 0.1) is 0 Å². The fraction of sp³-hybridized carbons (Fsp3) is 0.556. The van der Waals surface area contributed by atoms with Crippen LogP contribution in [0.15, 0.2) is 18.2 Å². The van der Waals surface area contributed by atoms with Gasteiger partial charge in [0.05, 0.1) is 20.2 Å².